The first kappa shape index (κ1) is 45.0. The van der Waals surface area contributed by atoms with E-state index in [-0.39, 0.29) is 71.5 Å². The Kier molecular flexibility index (Phi) is 11.4. The Labute approximate surface area is 397 Å². The van der Waals surface area contributed by atoms with Crippen molar-refractivity contribution in [3.05, 3.63) is 69.8 Å². The van der Waals surface area contributed by atoms with Crippen LogP contribution in [-0.2, 0) is 16.0 Å². The average molecular weight is 956 g/mol. The topological polar surface area (TPSA) is 173 Å². The maximum Gasteiger partial charge on any atom is 0.328 e. The lowest BCUT2D eigenvalue weighted by molar-refractivity contribution is -0.127. The number of fused-ring (bicyclic) bond motifs is 3. The molecule has 17 nitrogen and oxygen atoms in total. The number of anilines is 4. The van der Waals surface area contributed by atoms with Gasteiger partial charge in [0.25, 0.3) is 17.7 Å². The molecule has 1 aromatic carbocycles. The molecule has 68 heavy (non-hydrogen) atoms. The minimum Gasteiger partial charge on any atom is -0.385 e. The van der Waals surface area contributed by atoms with Crippen LogP contribution >= 0.6 is 11.6 Å². The normalized spacial score (nSPS) is 28.0. The summed E-state index contributed by atoms with van der Waals surface area (Å²) in [5.41, 5.74) is 6.31. The summed E-state index contributed by atoms with van der Waals surface area (Å²) in [7, 11) is 3.52. The number of piperidine rings is 1. The second-order valence-corrected chi connectivity index (χ2v) is 20.4. The first-order chi connectivity index (χ1) is 32.7. The van der Waals surface area contributed by atoms with E-state index < -0.39 is 36.4 Å². The van der Waals surface area contributed by atoms with Crippen molar-refractivity contribution in [2.45, 2.75) is 88.3 Å². The molecular formula is C48H57ClF2N12O5. The van der Waals surface area contributed by atoms with Crippen LogP contribution in [0, 0.1) is 18.3 Å². The molecule has 3 aromatic heterocycles. The number of carbonyl (C=O) groups is 4. The number of aromatic nitrogens is 4. The number of nitrogens with zero attached hydrogens (tertiary/aromatic N) is 9. The smallest absolute Gasteiger partial charge is 0.328 e. The number of carbonyl (C=O) groups excluding carboxylic acids is 4. The Bertz CT molecular complexity index is 2700. The van der Waals surface area contributed by atoms with Gasteiger partial charge in [-0.2, -0.15) is 0 Å². The first-order valence-electron chi connectivity index (χ1n) is 23.9. The van der Waals surface area contributed by atoms with Crippen molar-refractivity contribution < 1.29 is 32.7 Å². The number of amides is 5. The fourth-order valence-corrected chi connectivity index (χ4v) is 12.7. The molecule has 4 aliphatic heterocycles. The highest BCUT2D eigenvalue weighted by molar-refractivity contribution is 6.34. The molecule has 3 N–H and O–H groups in total. The van der Waals surface area contributed by atoms with Gasteiger partial charge in [0, 0.05) is 84.7 Å². The van der Waals surface area contributed by atoms with Crippen molar-refractivity contribution in [1.82, 2.24) is 44.9 Å². The van der Waals surface area contributed by atoms with Crippen LogP contribution in [0.15, 0.2) is 36.5 Å². The van der Waals surface area contributed by atoms with Crippen LogP contribution in [0.4, 0.5) is 36.5 Å². The van der Waals surface area contributed by atoms with Crippen molar-refractivity contribution in [3.8, 4) is 0 Å². The number of pyridine rings is 1. The van der Waals surface area contributed by atoms with Gasteiger partial charge in [0.1, 0.15) is 5.69 Å². The van der Waals surface area contributed by atoms with E-state index in [1.165, 1.54) is 34.9 Å². The summed E-state index contributed by atoms with van der Waals surface area (Å²) in [6.07, 6.45) is 7.93. The zero-order valence-electron chi connectivity index (χ0n) is 38.6. The molecular weight excluding hydrogens is 898 g/mol. The van der Waals surface area contributed by atoms with E-state index in [2.05, 4.69) is 53.9 Å². The number of nitrogens with one attached hydrogen (secondary N) is 3. The lowest BCUT2D eigenvalue weighted by Gasteiger charge is -2.48. The monoisotopic (exact) mass is 954 g/mol. The lowest BCUT2D eigenvalue weighted by atomic mass is 9.68. The number of halogens is 3. The van der Waals surface area contributed by atoms with E-state index >= 15 is 8.78 Å². The quantitative estimate of drug-likeness (QED) is 0.179. The van der Waals surface area contributed by atoms with Crippen LogP contribution in [0.2, 0.25) is 5.02 Å². The minimum absolute atomic E-state index is 0.0140. The van der Waals surface area contributed by atoms with Crippen LogP contribution in [-0.4, -0.2) is 155 Å². The van der Waals surface area contributed by atoms with Gasteiger partial charge in [0.05, 0.1) is 53.0 Å². The maximum atomic E-state index is 16.1. The van der Waals surface area contributed by atoms with E-state index in [9.17, 15) is 19.2 Å². The number of likely N-dealkylation sites (tertiary alicyclic amines) is 1. The summed E-state index contributed by atoms with van der Waals surface area (Å²) < 4.78 is 39.3. The first-order valence-corrected chi connectivity index (χ1v) is 24.3. The summed E-state index contributed by atoms with van der Waals surface area (Å²) in [5, 5.41) is 13.8. The van der Waals surface area contributed by atoms with Crippen LogP contribution in [0.1, 0.15) is 88.7 Å². The van der Waals surface area contributed by atoms with Crippen LogP contribution < -0.4 is 25.8 Å². The van der Waals surface area contributed by atoms with Crippen molar-refractivity contribution in [3.63, 3.8) is 0 Å². The average Bonchev–Trinajstić information content (AvgIpc) is 4.10. The van der Waals surface area contributed by atoms with E-state index in [1.54, 1.807) is 24.7 Å². The van der Waals surface area contributed by atoms with E-state index in [0.29, 0.717) is 36.3 Å². The van der Waals surface area contributed by atoms with Crippen molar-refractivity contribution >= 4 is 63.9 Å². The zero-order chi connectivity index (χ0) is 47.2. The highest BCUT2D eigenvalue weighted by Gasteiger charge is 2.57. The van der Waals surface area contributed by atoms with Crippen LogP contribution in [0.25, 0.3) is 5.65 Å². The number of hydrogen-bond acceptors (Lipinski definition) is 12. The van der Waals surface area contributed by atoms with Crippen molar-refractivity contribution in [2.75, 3.05) is 88.2 Å². The molecule has 0 radical (unpaired) electrons. The van der Waals surface area contributed by atoms with Crippen LogP contribution in [0.3, 0.4) is 0 Å². The SMILES string of the molecule is CNc1cc(N2CCc3c(C4CC5(CN6CCN([C@@H]7CCN(C(=O)c8cc(N9CCC(=O)NC9=O)c(Cl)c(C)n8)CC7(F)F)CC6)CC4C5)cccc32)nn2c(C(=O)N[C@@H]3CC[C@H]3OC)cnc12. The number of imidazole rings is 1. The van der Waals surface area contributed by atoms with Gasteiger partial charge in [0.2, 0.25) is 5.91 Å². The number of benzene rings is 1. The number of hydrogen-bond donors (Lipinski definition) is 3. The van der Waals surface area contributed by atoms with Gasteiger partial charge in [-0.25, -0.2) is 28.1 Å². The van der Waals surface area contributed by atoms with Gasteiger partial charge >= 0.3 is 6.03 Å². The number of rotatable bonds is 11. The number of ether oxygens (including phenoxy) is 1. The molecule has 20 heteroatoms. The number of alkyl halides is 2. The molecule has 1 unspecified atom stereocenters. The number of aryl methyl sites for hydroxylation is 1. The zero-order valence-corrected chi connectivity index (χ0v) is 39.3. The largest absolute Gasteiger partial charge is 0.385 e. The molecule has 4 atom stereocenters. The van der Waals surface area contributed by atoms with Gasteiger partial charge in [-0.1, -0.05) is 23.7 Å². The van der Waals surface area contributed by atoms with Crippen LogP contribution in [0.5, 0.6) is 0 Å². The minimum atomic E-state index is -3.14. The molecule has 4 saturated carbocycles. The Morgan fingerprint density at radius 3 is 2.49 bits per heavy atom. The Balaban J connectivity index is 0.713. The maximum absolute atomic E-state index is 16.1. The number of methoxy groups -OCH3 is 1. The Morgan fingerprint density at radius 1 is 0.971 bits per heavy atom. The number of imide groups is 1. The standard InChI is InChI=1S/C48H57ClF2N12O5/c1-27-42(49)36(62-14-11-41(64)56-46(62)67)19-34(54-27)45(66)60-12-10-39(48(50,51)26-60)59-17-15-58(16-18-59)25-47-21-28(22-47)31(23-47)29-5-4-6-35-30(29)9-13-61(35)40-20-33(52-2)43-53-24-37(63(43)57-40)44(65)55-32-7-8-38(32)68-3/h4-6,19-20,24,28,31-32,38-39,52H,7-18,21-23,25-26H2,1-3H3,(H,55,65)(H,56,64,67)/t28?,31?,32-,38-,39-,47?/m1/s1. The predicted octanol–water partition coefficient (Wildman–Crippen LogP) is 5.23. The van der Waals surface area contributed by atoms with Gasteiger partial charge in [-0.3, -0.25) is 29.5 Å². The lowest BCUT2D eigenvalue weighted by Crippen LogP contribution is -2.63. The molecule has 4 aromatic rings. The van der Waals surface area contributed by atoms with Crippen molar-refractivity contribution in [2.24, 2.45) is 11.3 Å². The third-order valence-corrected chi connectivity index (χ3v) is 16.5. The molecule has 5 amide bonds. The summed E-state index contributed by atoms with van der Waals surface area (Å²) >= 11 is 6.49. The predicted molar refractivity (Wildman–Crippen MR) is 250 cm³/mol. The third kappa shape index (κ3) is 7.73. The van der Waals surface area contributed by atoms with E-state index in [4.69, 9.17) is 21.4 Å². The Morgan fingerprint density at radius 2 is 1.76 bits per heavy atom. The highest BCUT2D eigenvalue weighted by Crippen LogP contribution is 2.66. The third-order valence-electron chi connectivity index (χ3n) is 16.1. The summed E-state index contributed by atoms with van der Waals surface area (Å²) in [4.78, 5) is 69.4. The fraction of sp³-hybridized carbons (Fsp3) is 0.562. The number of piperazine rings is 1. The fourth-order valence-electron chi connectivity index (χ4n) is 12.5. The van der Waals surface area contributed by atoms with Gasteiger partial charge in [-0.15, -0.1) is 5.10 Å². The molecule has 12 rings (SSSR count). The molecule has 3 saturated heterocycles. The molecule has 0 spiro atoms. The molecule has 2 bridgehead atoms. The summed E-state index contributed by atoms with van der Waals surface area (Å²) in [6, 6.07) is 8.33. The van der Waals surface area contributed by atoms with Crippen molar-refractivity contribution in [1.29, 1.82) is 0 Å². The van der Waals surface area contributed by atoms with E-state index in [0.717, 1.165) is 74.0 Å². The molecule has 7 heterocycles. The van der Waals surface area contributed by atoms with E-state index in [1.807, 2.05) is 18.0 Å². The molecule has 360 valence electrons. The second kappa shape index (κ2) is 17.2. The molecule has 7 fully saturated rings. The number of urea groups is 1. The molecule has 8 aliphatic rings. The Hall–Kier alpha value is -5.50. The second-order valence-electron chi connectivity index (χ2n) is 20.0. The summed E-state index contributed by atoms with van der Waals surface area (Å²) in [5.74, 6) is -2.61. The van der Waals surface area contributed by atoms with Gasteiger partial charge < -0.3 is 30.1 Å². The molecule has 4 aliphatic carbocycles. The van der Waals surface area contributed by atoms with Gasteiger partial charge in [0.15, 0.2) is 17.2 Å². The highest BCUT2D eigenvalue weighted by atomic mass is 35.5. The summed E-state index contributed by atoms with van der Waals surface area (Å²) in [6.45, 7) is 5.32. The van der Waals surface area contributed by atoms with Gasteiger partial charge in [-0.05, 0) is 92.4 Å².